The third-order valence-corrected chi connectivity index (χ3v) is 4.76. The van der Waals surface area contributed by atoms with Crippen LogP contribution < -0.4 is 4.90 Å². The molecular formula is C19H17N3O2S. The molecule has 126 valence electrons. The first kappa shape index (κ1) is 16.9. The van der Waals surface area contributed by atoms with Gasteiger partial charge in [0.25, 0.3) is 0 Å². The number of hydrogen-bond donors (Lipinski definition) is 0. The van der Waals surface area contributed by atoms with E-state index in [9.17, 15) is 4.79 Å². The van der Waals surface area contributed by atoms with Crippen LogP contribution in [0.15, 0.2) is 47.1 Å². The van der Waals surface area contributed by atoms with Crippen LogP contribution in [0.25, 0.3) is 6.08 Å². The van der Waals surface area contributed by atoms with Crippen LogP contribution in [-0.2, 0) is 9.53 Å². The summed E-state index contributed by atoms with van der Waals surface area (Å²) < 4.78 is 5.27. The van der Waals surface area contributed by atoms with Crippen molar-refractivity contribution in [1.82, 2.24) is 0 Å². The second kappa shape index (κ2) is 7.32. The molecule has 0 fully saturated rings. The van der Waals surface area contributed by atoms with E-state index in [1.807, 2.05) is 55.3 Å². The summed E-state index contributed by atoms with van der Waals surface area (Å²) in [6, 6.07) is 13.8. The number of ether oxygens (including phenoxy) is 1. The molecule has 0 atom stereocenters. The Morgan fingerprint density at radius 1 is 1.28 bits per heavy atom. The molecule has 1 aromatic heterocycles. The summed E-state index contributed by atoms with van der Waals surface area (Å²) in [5.74, 6) is -0.0709. The fourth-order valence-corrected chi connectivity index (χ4v) is 3.19. The number of carbonyl (C=O) groups is 1. The molecule has 6 heteroatoms. The Morgan fingerprint density at radius 3 is 2.68 bits per heavy atom. The molecule has 0 amide bonds. The van der Waals surface area contributed by atoms with Crippen molar-refractivity contribution >= 4 is 35.0 Å². The van der Waals surface area contributed by atoms with Crippen molar-refractivity contribution in [2.75, 3.05) is 18.5 Å². The predicted molar refractivity (Wildman–Crippen MR) is 99.6 cm³/mol. The van der Waals surface area contributed by atoms with Crippen molar-refractivity contribution in [2.24, 2.45) is 4.99 Å². The van der Waals surface area contributed by atoms with E-state index in [-0.39, 0.29) is 0 Å². The zero-order valence-corrected chi connectivity index (χ0v) is 14.8. The van der Waals surface area contributed by atoms with Crippen molar-refractivity contribution in [3.8, 4) is 6.07 Å². The molecular weight excluding hydrogens is 334 g/mol. The minimum Gasteiger partial charge on any atom is -0.401 e. The molecule has 2 heterocycles. The van der Waals surface area contributed by atoms with Crippen LogP contribution in [0.2, 0.25) is 0 Å². The number of thiophene rings is 1. The summed E-state index contributed by atoms with van der Waals surface area (Å²) in [7, 11) is 1.94. The number of nitriles is 1. The molecule has 1 aromatic carbocycles. The Morgan fingerprint density at radius 2 is 2.04 bits per heavy atom. The first-order valence-electron chi connectivity index (χ1n) is 7.84. The van der Waals surface area contributed by atoms with Crippen LogP contribution in [0.1, 0.15) is 21.7 Å². The van der Waals surface area contributed by atoms with Gasteiger partial charge in [-0.1, -0.05) is 12.1 Å². The van der Waals surface area contributed by atoms with Crippen LogP contribution in [0.4, 0.5) is 5.69 Å². The average molecular weight is 351 g/mol. The Kier molecular flexibility index (Phi) is 4.96. The smallest absolute Gasteiger partial charge is 0.363 e. The quantitative estimate of drug-likeness (QED) is 0.608. The average Bonchev–Trinajstić information content (AvgIpc) is 3.19. The monoisotopic (exact) mass is 351 g/mol. The van der Waals surface area contributed by atoms with E-state index in [0.29, 0.717) is 24.6 Å². The first-order valence-corrected chi connectivity index (χ1v) is 8.66. The lowest BCUT2D eigenvalue weighted by Crippen LogP contribution is -2.17. The predicted octanol–water partition coefficient (Wildman–Crippen LogP) is 3.75. The Hall–Kier alpha value is -2.91. The Labute approximate surface area is 150 Å². The molecule has 0 unspecified atom stereocenters. The molecule has 0 saturated heterocycles. The van der Waals surface area contributed by atoms with Gasteiger partial charge in [-0.05, 0) is 42.8 Å². The SMILES string of the molecule is Cc1ccc(C2=NC(=Cc3ccc(N(C)CCC#N)cc3)C(=O)O2)s1. The van der Waals surface area contributed by atoms with Gasteiger partial charge in [-0.3, -0.25) is 0 Å². The zero-order valence-electron chi connectivity index (χ0n) is 14.0. The Bertz CT molecular complexity index is 888. The van der Waals surface area contributed by atoms with E-state index in [0.717, 1.165) is 21.0 Å². The fourth-order valence-electron chi connectivity index (χ4n) is 2.39. The summed E-state index contributed by atoms with van der Waals surface area (Å²) in [5.41, 5.74) is 2.19. The minimum absolute atomic E-state index is 0.298. The largest absolute Gasteiger partial charge is 0.401 e. The standard InChI is InChI=1S/C19H17N3O2S/c1-13-4-9-17(25-13)18-21-16(19(23)24-18)12-14-5-7-15(8-6-14)22(2)11-3-10-20/h4-9,12H,3,11H2,1-2H3. The number of aliphatic imine (C=N–C) groups is 1. The van der Waals surface area contributed by atoms with Crippen LogP contribution >= 0.6 is 11.3 Å². The number of rotatable bonds is 5. The summed E-state index contributed by atoms with van der Waals surface area (Å²) >= 11 is 1.54. The molecule has 2 aromatic rings. The van der Waals surface area contributed by atoms with Crippen molar-refractivity contribution in [1.29, 1.82) is 5.26 Å². The molecule has 1 aliphatic heterocycles. The number of hydrogen-bond acceptors (Lipinski definition) is 6. The second-order valence-corrected chi connectivity index (χ2v) is 6.96. The number of esters is 1. The van der Waals surface area contributed by atoms with Gasteiger partial charge < -0.3 is 9.64 Å². The maximum atomic E-state index is 12.0. The zero-order chi connectivity index (χ0) is 17.8. The maximum Gasteiger partial charge on any atom is 0.363 e. The molecule has 1 aliphatic rings. The lowest BCUT2D eigenvalue weighted by molar-refractivity contribution is -0.129. The number of anilines is 1. The van der Waals surface area contributed by atoms with Crippen molar-refractivity contribution < 1.29 is 9.53 Å². The van der Waals surface area contributed by atoms with Gasteiger partial charge in [0.2, 0.25) is 5.90 Å². The van der Waals surface area contributed by atoms with Gasteiger partial charge in [-0.15, -0.1) is 11.3 Å². The molecule has 0 aliphatic carbocycles. The van der Waals surface area contributed by atoms with Gasteiger partial charge >= 0.3 is 5.97 Å². The van der Waals surface area contributed by atoms with E-state index < -0.39 is 5.97 Å². The highest BCUT2D eigenvalue weighted by atomic mass is 32.1. The van der Waals surface area contributed by atoms with E-state index in [4.69, 9.17) is 10.00 Å². The third kappa shape index (κ3) is 3.95. The van der Waals surface area contributed by atoms with Crippen LogP contribution in [-0.4, -0.2) is 25.5 Å². The molecule has 0 N–H and O–H groups in total. The molecule has 0 saturated carbocycles. The summed E-state index contributed by atoms with van der Waals surface area (Å²) in [5, 5.41) is 8.66. The number of benzene rings is 1. The van der Waals surface area contributed by atoms with E-state index >= 15 is 0 Å². The highest BCUT2D eigenvalue weighted by Crippen LogP contribution is 2.24. The molecule has 5 nitrogen and oxygen atoms in total. The normalized spacial score (nSPS) is 15.0. The minimum atomic E-state index is -0.434. The highest BCUT2D eigenvalue weighted by molar-refractivity contribution is 7.14. The summed E-state index contributed by atoms with van der Waals surface area (Å²) in [6.45, 7) is 2.68. The van der Waals surface area contributed by atoms with Crippen molar-refractivity contribution in [3.63, 3.8) is 0 Å². The fraction of sp³-hybridized carbons (Fsp3) is 0.211. The highest BCUT2D eigenvalue weighted by Gasteiger charge is 2.24. The van der Waals surface area contributed by atoms with Gasteiger partial charge in [-0.25, -0.2) is 9.79 Å². The second-order valence-electron chi connectivity index (χ2n) is 5.67. The molecule has 25 heavy (non-hydrogen) atoms. The third-order valence-electron chi connectivity index (χ3n) is 3.77. The van der Waals surface area contributed by atoms with Gasteiger partial charge in [0.05, 0.1) is 17.4 Å². The number of aryl methyl sites for hydroxylation is 1. The lowest BCUT2D eigenvalue weighted by Gasteiger charge is -2.17. The van der Waals surface area contributed by atoms with Gasteiger partial charge in [0, 0.05) is 24.2 Å². The molecule has 0 radical (unpaired) electrons. The van der Waals surface area contributed by atoms with Crippen molar-refractivity contribution in [2.45, 2.75) is 13.3 Å². The van der Waals surface area contributed by atoms with Crippen molar-refractivity contribution in [3.05, 3.63) is 57.4 Å². The van der Waals surface area contributed by atoms with Crippen LogP contribution in [0, 0.1) is 18.3 Å². The van der Waals surface area contributed by atoms with E-state index in [1.54, 1.807) is 17.4 Å². The number of carbonyl (C=O) groups excluding carboxylic acids is 1. The number of cyclic esters (lactones) is 1. The molecule has 0 spiro atoms. The van der Waals surface area contributed by atoms with Crippen LogP contribution in [0.5, 0.6) is 0 Å². The van der Waals surface area contributed by atoms with Crippen LogP contribution in [0.3, 0.4) is 0 Å². The molecule has 3 rings (SSSR count). The van der Waals surface area contributed by atoms with E-state index in [2.05, 4.69) is 11.1 Å². The number of nitrogens with zero attached hydrogens (tertiary/aromatic N) is 3. The van der Waals surface area contributed by atoms with E-state index in [1.165, 1.54) is 0 Å². The topological polar surface area (TPSA) is 65.7 Å². The van der Waals surface area contributed by atoms with Gasteiger partial charge in [0.15, 0.2) is 5.70 Å². The molecule has 0 bridgehead atoms. The Balaban J connectivity index is 1.77. The lowest BCUT2D eigenvalue weighted by atomic mass is 10.1. The summed E-state index contributed by atoms with van der Waals surface area (Å²) in [6.07, 6.45) is 2.20. The first-order chi connectivity index (χ1) is 12.1. The summed E-state index contributed by atoms with van der Waals surface area (Å²) in [4.78, 5) is 20.3. The maximum absolute atomic E-state index is 12.0. The van der Waals surface area contributed by atoms with Gasteiger partial charge in [0.1, 0.15) is 0 Å². The van der Waals surface area contributed by atoms with Gasteiger partial charge in [-0.2, -0.15) is 5.26 Å².